The van der Waals surface area contributed by atoms with E-state index in [0.717, 1.165) is 29.4 Å². The molecule has 2 N–H and O–H groups in total. The minimum atomic E-state index is -0.0396. The van der Waals surface area contributed by atoms with Gasteiger partial charge < -0.3 is 10.5 Å². The Hall–Kier alpha value is -0.770. The second-order valence-electron chi connectivity index (χ2n) is 4.99. The van der Waals surface area contributed by atoms with Gasteiger partial charge in [0.2, 0.25) is 0 Å². The largest absolute Gasteiger partial charge is 0.496 e. The van der Waals surface area contributed by atoms with Gasteiger partial charge in [0.25, 0.3) is 0 Å². The summed E-state index contributed by atoms with van der Waals surface area (Å²) >= 11 is 6.05. The van der Waals surface area contributed by atoms with Crippen molar-refractivity contribution in [3.8, 4) is 5.75 Å². The smallest absolute Gasteiger partial charge is 0.123 e. The van der Waals surface area contributed by atoms with Crippen LogP contribution in [-0.2, 0) is 6.54 Å². The van der Waals surface area contributed by atoms with Crippen LogP contribution in [0.3, 0.4) is 0 Å². The number of ether oxygens (including phenoxy) is 1. The number of hydrogen-bond acceptors (Lipinski definition) is 3. The number of methoxy groups -OCH3 is 1. The predicted octanol–water partition coefficient (Wildman–Crippen LogP) is 2.91. The third kappa shape index (κ3) is 3.61. The van der Waals surface area contributed by atoms with Crippen LogP contribution in [0.5, 0.6) is 5.75 Å². The van der Waals surface area contributed by atoms with E-state index in [2.05, 4.69) is 25.7 Å². The minimum Gasteiger partial charge on any atom is -0.496 e. The molecular formula is C14H23ClN2O. The summed E-state index contributed by atoms with van der Waals surface area (Å²) in [7, 11) is 1.68. The van der Waals surface area contributed by atoms with Crippen LogP contribution in [0.25, 0.3) is 0 Å². The number of likely N-dealkylation sites (N-methyl/N-ethyl adjacent to an activating group) is 1. The van der Waals surface area contributed by atoms with Crippen molar-refractivity contribution in [2.24, 2.45) is 5.73 Å². The first-order chi connectivity index (χ1) is 8.44. The number of nitrogens with two attached hydrogens (primary N) is 1. The van der Waals surface area contributed by atoms with E-state index in [0.29, 0.717) is 6.54 Å². The van der Waals surface area contributed by atoms with Crippen molar-refractivity contribution in [3.05, 3.63) is 28.8 Å². The topological polar surface area (TPSA) is 38.5 Å². The first-order valence-electron chi connectivity index (χ1n) is 6.22. The van der Waals surface area contributed by atoms with E-state index in [1.165, 1.54) is 0 Å². The van der Waals surface area contributed by atoms with Gasteiger partial charge in [0.1, 0.15) is 5.75 Å². The molecule has 0 radical (unpaired) electrons. The summed E-state index contributed by atoms with van der Waals surface area (Å²) < 4.78 is 5.38. The van der Waals surface area contributed by atoms with Gasteiger partial charge in [-0.25, -0.2) is 0 Å². The van der Waals surface area contributed by atoms with Crippen LogP contribution in [0.4, 0.5) is 0 Å². The summed E-state index contributed by atoms with van der Waals surface area (Å²) in [6.45, 7) is 8.75. The first-order valence-corrected chi connectivity index (χ1v) is 6.60. The molecule has 0 aliphatic rings. The zero-order chi connectivity index (χ0) is 13.8. The summed E-state index contributed by atoms with van der Waals surface area (Å²) in [5.41, 5.74) is 6.89. The molecule has 0 spiro atoms. The van der Waals surface area contributed by atoms with Gasteiger partial charge in [-0.1, -0.05) is 18.5 Å². The van der Waals surface area contributed by atoms with E-state index in [9.17, 15) is 0 Å². The van der Waals surface area contributed by atoms with Crippen molar-refractivity contribution in [1.82, 2.24) is 4.90 Å². The van der Waals surface area contributed by atoms with E-state index in [1.807, 2.05) is 18.2 Å². The molecule has 0 aliphatic carbocycles. The van der Waals surface area contributed by atoms with Crippen molar-refractivity contribution in [3.63, 3.8) is 0 Å². The monoisotopic (exact) mass is 270 g/mol. The first kappa shape index (κ1) is 15.3. The fourth-order valence-corrected chi connectivity index (χ4v) is 2.15. The molecule has 0 saturated heterocycles. The van der Waals surface area contributed by atoms with Crippen LogP contribution in [0, 0.1) is 0 Å². The third-order valence-corrected chi connectivity index (χ3v) is 3.58. The maximum absolute atomic E-state index is 6.05. The third-order valence-electron chi connectivity index (χ3n) is 3.34. The normalized spacial score (nSPS) is 11.9. The SMILES string of the molecule is CCN(Cc1cc(Cl)ccc1OC)C(C)(C)CN. The minimum absolute atomic E-state index is 0.0396. The Bertz CT molecular complexity index is 393. The van der Waals surface area contributed by atoms with Gasteiger partial charge >= 0.3 is 0 Å². The van der Waals surface area contributed by atoms with Gasteiger partial charge in [0.05, 0.1) is 7.11 Å². The molecule has 0 aromatic heterocycles. The van der Waals surface area contributed by atoms with Crippen molar-refractivity contribution in [2.45, 2.75) is 32.9 Å². The molecule has 3 nitrogen and oxygen atoms in total. The van der Waals surface area contributed by atoms with E-state index in [1.54, 1.807) is 7.11 Å². The lowest BCUT2D eigenvalue weighted by molar-refractivity contribution is 0.124. The van der Waals surface area contributed by atoms with Gasteiger partial charge in [0.15, 0.2) is 0 Å². The van der Waals surface area contributed by atoms with E-state index in [-0.39, 0.29) is 5.54 Å². The Morgan fingerprint density at radius 3 is 2.56 bits per heavy atom. The Morgan fingerprint density at radius 1 is 1.39 bits per heavy atom. The predicted molar refractivity (Wildman–Crippen MR) is 77.2 cm³/mol. The molecule has 0 aliphatic heterocycles. The van der Waals surface area contributed by atoms with Gasteiger partial charge in [-0.05, 0) is 38.6 Å². The highest BCUT2D eigenvalue weighted by molar-refractivity contribution is 6.30. The van der Waals surface area contributed by atoms with E-state index < -0.39 is 0 Å². The molecule has 0 atom stereocenters. The zero-order valence-corrected chi connectivity index (χ0v) is 12.4. The summed E-state index contributed by atoms with van der Waals surface area (Å²) in [6.07, 6.45) is 0. The van der Waals surface area contributed by atoms with Crippen LogP contribution in [0.15, 0.2) is 18.2 Å². The summed E-state index contributed by atoms with van der Waals surface area (Å²) in [5.74, 6) is 0.866. The maximum Gasteiger partial charge on any atom is 0.123 e. The molecule has 0 fully saturated rings. The number of nitrogens with zero attached hydrogens (tertiary/aromatic N) is 1. The van der Waals surface area contributed by atoms with E-state index in [4.69, 9.17) is 22.1 Å². The van der Waals surface area contributed by atoms with Crippen LogP contribution in [-0.4, -0.2) is 30.6 Å². The Balaban J connectivity index is 2.97. The second-order valence-corrected chi connectivity index (χ2v) is 5.42. The fraction of sp³-hybridized carbons (Fsp3) is 0.571. The molecule has 102 valence electrons. The number of rotatable bonds is 6. The van der Waals surface area contributed by atoms with Crippen LogP contribution in [0.2, 0.25) is 5.02 Å². The van der Waals surface area contributed by atoms with Gasteiger partial charge in [-0.15, -0.1) is 0 Å². The van der Waals surface area contributed by atoms with Crippen molar-refractivity contribution in [1.29, 1.82) is 0 Å². The van der Waals surface area contributed by atoms with Gasteiger partial charge in [-0.2, -0.15) is 0 Å². The van der Waals surface area contributed by atoms with Crippen LogP contribution >= 0.6 is 11.6 Å². The molecule has 18 heavy (non-hydrogen) atoms. The average molecular weight is 271 g/mol. The van der Waals surface area contributed by atoms with Crippen LogP contribution in [0.1, 0.15) is 26.3 Å². The van der Waals surface area contributed by atoms with Crippen molar-refractivity contribution >= 4 is 11.6 Å². The average Bonchev–Trinajstić information content (AvgIpc) is 2.35. The molecule has 0 bridgehead atoms. The molecule has 1 aromatic rings. The molecule has 0 amide bonds. The quantitative estimate of drug-likeness (QED) is 0.864. The van der Waals surface area contributed by atoms with E-state index >= 15 is 0 Å². The summed E-state index contributed by atoms with van der Waals surface area (Å²) in [5, 5.41) is 0.729. The highest BCUT2D eigenvalue weighted by atomic mass is 35.5. The van der Waals surface area contributed by atoms with Gasteiger partial charge in [-0.3, -0.25) is 4.90 Å². The molecule has 1 rings (SSSR count). The maximum atomic E-state index is 6.05. The molecular weight excluding hydrogens is 248 g/mol. The lowest BCUT2D eigenvalue weighted by Gasteiger charge is -2.37. The highest BCUT2D eigenvalue weighted by Crippen LogP contribution is 2.26. The standard InChI is InChI=1S/C14H23ClN2O/c1-5-17(14(2,3)10-16)9-11-8-12(15)6-7-13(11)18-4/h6-8H,5,9-10,16H2,1-4H3. The van der Waals surface area contributed by atoms with Gasteiger partial charge in [0, 0.05) is 29.2 Å². The molecule has 0 unspecified atom stereocenters. The number of benzene rings is 1. The Kier molecular flexibility index (Phi) is 5.45. The lowest BCUT2D eigenvalue weighted by Crippen LogP contribution is -2.48. The molecule has 0 saturated carbocycles. The lowest BCUT2D eigenvalue weighted by atomic mass is 10.0. The summed E-state index contributed by atoms with van der Waals surface area (Å²) in [4.78, 5) is 2.32. The zero-order valence-electron chi connectivity index (χ0n) is 11.7. The van der Waals surface area contributed by atoms with Crippen LogP contribution < -0.4 is 10.5 Å². The fourth-order valence-electron chi connectivity index (χ4n) is 1.96. The number of halogens is 1. The number of hydrogen-bond donors (Lipinski definition) is 1. The van der Waals surface area contributed by atoms with Crippen molar-refractivity contribution in [2.75, 3.05) is 20.2 Å². The summed E-state index contributed by atoms with van der Waals surface area (Å²) in [6, 6.07) is 5.70. The molecule has 4 heteroatoms. The second kappa shape index (κ2) is 6.41. The molecule has 1 aromatic carbocycles. The Labute approximate surface area is 115 Å². The highest BCUT2D eigenvalue weighted by Gasteiger charge is 2.24. The van der Waals surface area contributed by atoms with Crippen molar-refractivity contribution < 1.29 is 4.74 Å². The Morgan fingerprint density at radius 2 is 2.06 bits per heavy atom. The molecule has 0 heterocycles.